The molecule has 2 amide bonds. The lowest BCUT2D eigenvalue weighted by atomic mass is 9.98. The topological polar surface area (TPSA) is 82.1 Å². The van der Waals surface area contributed by atoms with E-state index in [-0.39, 0.29) is 11.8 Å². The summed E-state index contributed by atoms with van der Waals surface area (Å²) in [4.78, 5) is 27.0. The van der Waals surface area contributed by atoms with Crippen molar-refractivity contribution in [3.8, 4) is 0 Å². The predicted octanol–water partition coefficient (Wildman–Crippen LogP) is 5.97. The Labute approximate surface area is 209 Å². The van der Waals surface area contributed by atoms with Crippen LogP contribution in [0.5, 0.6) is 0 Å². The van der Waals surface area contributed by atoms with Crippen LogP contribution in [0.1, 0.15) is 21.5 Å². The Hall–Kier alpha value is -4.77. The SMILES string of the molecule is N=Cc1ccc(C(=O)N[C@@H](Cc2ccccc2)C(=O)Nc2cccc3ccccc23)c2ccccc12. The summed E-state index contributed by atoms with van der Waals surface area (Å²) in [6, 6.07) is 33.4. The fraction of sp³-hybridized carbons (Fsp3) is 0.0645. The first-order valence-electron chi connectivity index (χ1n) is 11.8. The van der Waals surface area contributed by atoms with Gasteiger partial charge in [-0.15, -0.1) is 0 Å². The van der Waals surface area contributed by atoms with Gasteiger partial charge in [-0.3, -0.25) is 9.59 Å². The zero-order valence-corrected chi connectivity index (χ0v) is 19.6. The van der Waals surface area contributed by atoms with E-state index in [4.69, 9.17) is 5.41 Å². The highest BCUT2D eigenvalue weighted by Crippen LogP contribution is 2.24. The summed E-state index contributed by atoms with van der Waals surface area (Å²) >= 11 is 0. The Morgan fingerprint density at radius 2 is 1.39 bits per heavy atom. The quantitative estimate of drug-likeness (QED) is 0.256. The third-order valence-corrected chi connectivity index (χ3v) is 6.31. The molecule has 0 aliphatic rings. The molecule has 5 heteroatoms. The number of carbonyl (C=O) groups is 2. The molecule has 3 N–H and O–H groups in total. The average molecular weight is 472 g/mol. The normalized spacial score (nSPS) is 11.7. The molecule has 0 aliphatic heterocycles. The summed E-state index contributed by atoms with van der Waals surface area (Å²) in [5, 5.41) is 17.2. The van der Waals surface area contributed by atoms with Gasteiger partial charge in [0.25, 0.3) is 5.91 Å². The van der Waals surface area contributed by atoms with Gasteiger partial charge < -0.3 is 16.0 Å². The maximum Gasteiger partial charge on any atom is 0.252 e. The highest BCUT2D eigenvalue weighted by molar-refractivity contribution is 6.12. The molecule has 5 nitrogen and oxygen atoms in total. The van der Waals surface area contributed by atoms with Crippen molar-refractivity contribution in [2.45, 2.75) is 12.5 Å². The van der Waals surface area contributed by atoms with Gasteiger partial charge >= 0.3 is 0 Å². The fourth-order valence-electron chi connectivity index (χ4n) is 4.50. The Morgan fingerprint density at radius 3 is 2.17 bits per heavy atom. The van der Waals surface area contributed by atoms with Gasteiger partial charge in [0.2, 0.25) is 5.91 Å². The summed E-state index contributed by atoms with van der Waals surface area (Å²) in [6.07, 6.45) is 1.62. The first-order valence-corrected chi connectivity index (χ1v) is 11.8. The van der Waals surface area contributed by atoms with Gasteiger partial charge in [0.1, 0.15) is 6.04 Å². The van der Waals surface area contributed by atoms with E-state index in [0.29, 0.717) is 17.7 Å². The second-order valence-corrected chi connectivity index (χ2v) is 8.62. The van der Waals surface area contributed by atoms with Crippen molar-refractivity contribution in [3.05, 3.63) is 126 Å². The number of hydrogen-bond donors (Lipinski definition) is 3. The minimum Gasteiger partial charge on any atom is -0.340 e. The van der Waals surface area contributed by atoms with Crippen LogP contribution in [0.2, 0.25) is 0 Å². The number of rotatable bonds is 7. The molecule has 0 radical (unpaired) electrons. The van der Waals surface area contributed by atoms with E-state index in [0.717, 1.165) is 32.7 Å². The first kappa shape index (κ1) is 23.0. The molecule has 0 unspecified atom stereocenters. The van der Waals surface area contributed by atoms with E-state index >= 15 is 0 Å². The smallest absolute Gasteiger partial charge is 0.252 e. The largest absolute Gasteiger partial charge is 0.340 e. The number of carbonyl (C=O) groups excluding carboxylic acids is 2. The third kappa shape index (κ3) is 4.72. The lowest BCUT2D eigenvalue weighted by molar-refractivity contribution is -0.118. The minimum atomic E-state index is -0.792. The van der Waals surface area contributed by atoms with Crippen molar-refractivity contribution in [2.75, 3.05) is 5.32 Å². The average Bonchev–Trinajstić information content (AvgIpc) is 2.92. The lowest BCUT2D eigenvalue weighted by Crippen LogP contribution is -2.45. The molecule has 1 atom stereocenters. The van der Waals surface area contributed by atoms with Crippen molar-refractivity contribution in [3.63, 3.8) is 0 Å². The number of benzene rings is 5. The Bertz CT molecular complexity index is 1570. The molecule has 0 aliphatic carbocycles. The number of nitrogens with one attached hydrogen (secondary N) is 3. The van der Waals surface area contributed by atoms with Crippen LogP contribution in [0.3, 0.4) is 0 Å². The zero-order chi connectivity index (χ0) is 24.9. The van der Waals surface area contributed by atoms with Crippen LogP contribution < -0.4 is 10.6 Å². The van der Waals surface area contributed by atoms with E-state index in [1.807, 2.05) is 97.1 Å². The molecule has 5 aromatic rings. The lowest BCUT2D eigenvalue weighted by Gasteiger charge is -2.20. The summed E-state index contributed by atoms with van der Waals surface area (Å²) in [5.74, 6) is -0.624. The highest BCUT2D eigenvalue weighted by Gasteiger charge is 2.24. The molecule has 0 heterocycles. The standard InChI is InChI=1S/C31H25N3O2/c32-20-23-17-18-27(26-15-7-6-13-24(23)26)30(35)34-29(19-21-9-2-1-3-10-21)31(36)33-28-16-8-12-22-11-4-5-14-25(22)28/h1-18,20,29,32H,19H2,(H,33,36)(H,34,35)/t29-/m0/s1. The van der Waals surface area contributed by atoms with Crippen LogP contribution >= 0.6 is 0 Å². The predicted molar refractivity (Wildman–Crippen MR) is 146 cm³/mol. The van der Waals surface area contributed by atoms with Crippen LogP contribution in [-0.2, 0) is 11.2 Å². The molecule has 5 rings (SSSR count). The van der Waals surface area contributed by atoms with E-state index < -0.39 is 6.04 Å². The Morgan fingerprint density at radius 1 is 0.722 bits per heavy atom. The van der Waals surface area contributed by atoms with Gasteiger partial charge in [0, 0.05) is 29.3 Å². The molecule has 0 aromatic heterocycles. The van der Waals surface area contributed by atoms with Crippen LogP contribution in [0.4, 0.5) is 5.69 Å². The van der Waals surface area contributed by atoms with Crippen molar-refractivity contribution >= 4 is 45.3 Å². The third-order valence-electron chi connectivity index (χ3n) is 6.31. The summed E-state index contributed by atoms with van der Waals surface area (Å²) in [5.41, 5.74) is 2.84. The monoisotopic (exact) mass is 471 g/mol. The second-order valence-electron chi connectivity index (χ2n) is 8.62. The molecular weight excluding hydrogens is 446 g/mol. The first-order chi connectivity index (χ1) is 17.6. The summed E-state index contributed by atoms with van der Waals surface area (Å²) in [6.45, 7) is 0. The van der Waals surface area contributed by atoms with Gasteiger partial charge in [0.15, 0.2) is 0 Å². The maximum absolute atomic E-state index is 13.5. The second kappa shape index (κ2) is 10.2. The van der Waals surface area contributed by atoms with Gasteiger partial charge in [-0.25, -0.2) is 0 Å². The van der Waals surface area contributed by atoms with Crippen molar-refractivity contribution in [1.82, 2.24) is 5.32 Å². The van der Waals surface area contributed by atoms with Gasteiger partial charge in [-0.1, -0.05) is 97.1 Å². The number of fused-ring (bicyclic) bond motifs is 2. The molecule has 0 spiro atoms. The molecular formula is C31H25N3O2. The molecule has 0 fully saturated rings. The number of amides is 2. The van der Waals surface area contributed by atoms with E-state index in [1.54, 1.807) is 12.1 Å². The van der Waals surface area contributed by atoms with Crippen molar-refractivity contribution in [1.29, 1.82) is 5.41 Å². The zero-order valence-electron chi connectivity index (χ0n) is 19.6. The number of hydrogen-bond acceptors (Lipinski definition) is 3. The molecule has 0 bridgehead atoms. The van der Waals surface area contributed by atoms with E-state index in [9.17, 15) is 9.59 Å². The van der Waals surface area contributed by atoms with Crippen LogP contribution in [-0.4, -0.2) is 24.1 Å². The Balaban J connectivity index is 1.47. The fourth-order valence-corrected chi connectivity index (χ4v) is 4.50. The van der Waals surface area contributed by atoms with Crippen molar-refractivity contribution < 1.29 is 9.59 Å². The molecule has 5 aromatic carbocycles. The highest BCUT2D eigenvalue weighted by atomic mass is 16.2. The molecule has 0 saturated heterocycles. The maximum atomic E-state index is 13.5. The van der Waals surface area contributed by atoms with Crippen LogP contribution in [0.25, 0.3) is 21.5 Å². The summed E-state index contributed by atoms with van der Waals surface area (Å²) < 4.78 is 0. The summed E-state index contributed by atoms with van der Waals surface area (Å²) in [7, 11) is 0. The van der Waals surface area contributed by atoms with Gasteiger partial charge in [0.05, 0.1) is 0 Å². The minimum absolute atomic E-state index is 0.288. The molecule has 36 heavy (non-hydrogen) atoms. The van der Waals surface area contributed by atoms with E-state index in [2.05, 4.69) is 10.6 Å². The van der Waals surface area contributed by atoms with Gasteiger partial charge in [-0.05, 0) is 39.4 Å². The van der Waals surface area contributed by atoms with E-state index in [1.165, 1.54) is 6.21 Å². The van der Waals surface area contributed by atoms with Crippen molar-refractivity contribution in [2.24, 2.45) is 0 Å². The van der Waals surface area contributed by atoms with Gasteiger partial charge in [-0.2, -0.15) is 0 Å². The molecule has 176 valence electrons. The van der Waals surface area contributed by atoms with Crippen LogP contribution in [0.15, 0.2) is 109 Å². The Kier molecular flexibility index (Phi) is 6.54. The number of anilines is 1. The van der Waals surface area contributed by atoms with Crippen LogP contribution in [0, 0.1) is 5.41 Å². The molecule has 0 saturated carbocycles.